The average Bonchev–Trinajstić information content (AvgIpc) is 2.86. The summed E-state index contributed by atoms with van der Waals surface area (Å²) in [6.07, 6.45) is -0.288. The first kappa shape index (κ1) is 30.8. The number of fused-ring (bicyclic) bond motifs is 1. The zero-order chi connectivity index (χ0) is 29.1. The van der Waals surface area contributed by atoms with Crippen LogP contribution >= 0.6 is 39.5 Å². The first-order valence-corrected chi connectivity index (χ1v) is 18.0. The number of nitrogens with one attached hydrogen (secondary N) is 2. The summed E-state index contributed by atoms with van der Waals surface area (Å²) in [5.41, 5.74) is -0.856. The summed E-state index contributed by atoms with van der Waals surface area (Å²) in [5.74, 6) is -2.47. The number of nitrogens with zero attached hydrogens (tertiary/aromatic N) is 4. The molecule has 39 heavy (non-hydrogen) atoms. The Bertz CT molecular complexity index is 1370. The van der Waals surface area contributed by atoms with Crippen LogP contribution in [0.5, 0.6) is 0 Å². The van der Waals surface area contributed by atoms with E-state index >= 15 is 0 Å². The normalized spacial score (nSPS) is 19.3. The van der Waals surface area contributed by atoms with E-state index < -0.39 is 54.4 Å². The number of halogens is 1. The number of rotatable bonds is 11. The number of thioether (sulfide) groups is 2. The Morgan fingerprint density at radius 2 is 1.97 bits per heavy atom. The molecular formula is C21H27BrN6O8S2Si. The van der Waals surface area contributed by atoms with Crippen molar-refractivity contribution in [1.82, 2.24) is 25.0 Å². The Balaban J connectivity index is 1.82. The van der Waals surface area contributed by atoms with E-state index in [0.29, 0.717) is 17.0 Å². The number of amides is 2. The van der Waals surface area contributed by atoms with Crippen molar-refractivity contribution >= 4 is 77.0 Å². The topological polar surface area (TPSA) is 182 Å². The highest BCUT2D eigenvalue weighted by molar-refractivity contribution is 9.09. The van der Waals surface area contributed by atoms with Gasteiger partial charge in [-0.1, -0.05) is 32.8 Å². The molecule has 0 radical (unpaired) electrons. The maximum atomic E-state index is 13.2. The maximum absolute atomic E-state index is 13.2. The van der Waals surface area contributed by atoms with Gasteiger partial charge in [0.25, 0.3) is 11.8 Å². The van der Waals surface area contributed by atoms with Crippen molar-refractivity contribution in [2.24, 2.45) is 12.2 Å². The molecule has 3 rings (SSSR count). The number of alkyl halides is 1. The quantitative estimate of drug-likeness (QED) is 0.0616. The van der Waals surface area contributed by atoms with Crippen LogP contribution in [0.2, 0.25) is 19.6 Å². The number of ketones is 1. The second-order valence-corrected chi connectivity index (χ2v) is 16.4. The highest BCUT2D eigenvalue weighted by Gasteiger charge is 2.55. The molecule has 0 aromatic carbocycles. The lowest BCUT2D eigenvalue weighted by Gasteiger charge is -2.50. The molecule has 1 saturated heterocycles. The minimum atomic E-state index is -2.35. The molecule has 0 saturated carbocycles. The molecule has 2 aliphatic rings. The van der Waals surface area contributed by atoms with E-state index in [0.717, 1.165) is 11.8 Å². The second kappa shape index (κ2) is 12.6. The Morgan fingerprint density at radius 3 is 2.59 bits per heavy atom. The molecule has 212 valence electrons. The van der Waals surface area contributed by atoms with Crippen LogP contribution in [0.1, 0.15) is 6.42 Å². The molecular weight excluding hydrogens is 636 g/mol. The van der Waals surface area contributed by atoms with Crippen LogP contribution in [-0.4, -0.2) is 92.6 Å². The van der Waals surface area contributed by atoms with Gasteiger partial charge < -0.3 is 14.6 Å². The van der Waals surface area contributed by atoms with E-state index in [2.05, 4.69) is 41.3 Å². The predicted octanol–water partition coefficient (Wildman–Crippen LogP) is -0.0507. The van der Waals surface area contributed by atoms with Gasteiger partial charge in [-0.3, -0.25) is 38.7 Å². The number of aryl methyl sites for hydroxylation is 1. The number of oxime groups is 1. The van der Waals surface area contributed by atoms with Crippen molar-refractivity contribution in [3.8, 4) is 0 Å². The van der Waals surface area contributed by atoms with Crippen molar-refractivity contribution < 1.29 is 28.4 Å². The third-order valence-corrected chi connectivity index (χ3v) is 9.14. The van der Waals surface area contributed by atoms with E-state index in [1.165, 1.54) is 35.5 Å². The molecule has 2 N–H and O–H groups in total. The highest BCUT2D eigenvalue weighted by Crippen LogP contribution is 2.42. The number of Topliss-reactive ketones (excluding diaryl/α,β-unsaturated/α-hetero) is 1. The van der Waals surface area contributed by atoms with Crippen LogP contribution in [0.4, 0.5) is 0 Å². The fourth-order valence-corrected chi connectivity index (χ4v) is 6.93. The molecule has 0 spiro atoms. The van der Waals surface area contributed by atoms with Crippen LogP contribution in [-0.2, 0) is 35.5 Å². The molecule has 0 aliphatic carbocycles. The smallest absolute Gasteiger partial charge is 0.341 e. The fourth-order valence-electron chi connectivity index (χ4n) is 3.57. The van der Waals surface area contributed by atoms with E-state index in [1.54, 1.807) is 0 Å². The number of aromatic nitrogens is 3. The monoisotopic (exact) mass is 662 g/mol. The molecule has 3 heterocycles. The third kappa shape index (κ3) is 7.28. The summed E-state index contributed by atoms with van der Waals surface area (Å²) in [6, 6.07) is -1.01. The molecule has 0 bridgehead atoms. The van der Waals surface area contributed by atoms with Crippen LogP contribution in [0.25, 0.3) is 0 Å². The van der Waals surface area contributed by atoms with Crippen molar-refractivity contribution in [3.63, 3.8) is 0 Å². The van der Waals surface area contributed by atoms with Gasteiger partial charge >= 0.3 is 17.1 Å². The van der Waals surface area contributed by atoms with E-state index in [-0.39, 0.29) is 28.4 Å². The number of carbonyl (C=O) groups excluding carboxylic acids is 4. The van der Waals surface area contributed by atoms with Gasteiger partial charge in [0.15, 0.2) is 5.16 Å². The number of β-lactam (4-membered cyclic amide) rings is 1. The lowest BCUT2D eigenvalue weighted by molar-refractivity contribution is -0.151. The lowest BCUT2D eigenvalue weighted by Crippen LogP contribution is -2.71. The van der Waals surface area contributed by atoms with Gasteiger partial charge in [-0.15, -0.1) is 11.8 Å². The number of hydrogen-bond acceptors (Lipinski definition) is 12. The lowest BCUT2D eigenvalue weighted by atomic mass is 10.0. The molecule has 0 unspecified atom stereocenters. The van der Waals surface area contributed by atoms with Crippen LogP contribution < -0.4 is 16.4 Å². The zero-order valence-electron chi connectivity index (χ0n) is 21.7. The van der Waals surface area contributed by atoms with Crippen molar-refractivity contribution in [1.29, 1.82) is 0 Å². The minimum Gasteiger partial charge on any atom is -0.515 e. The molecule has 1 aromatic rings. The summed E-state index contributed by atoms with van der Waals surface area (Å²) < 4.78 is 6.99. The van der Waals surface area contributed by atoms with Gasteiger partial charge in [0, 0.05) is 23.9 Å². The van der Waals surface area contributed by atoms with Gasteiger partial charge in [-0.05, 0) is 25.2 Å². The number of hydrogen-bond donors (Lipinski definition) is 2. The van der Waals surface area contributed by atoms with E-state index in [4.69, 9.17) is 4.43 Å². The Kier molecular flexibility index (Phi) is 10.00. The summed E-state index contributed by atoms with van der Waals surface area (Å²) >= 11 is 5.59. The van der Waals surface area contributed by atoms with Gasteiger partial charge in [-0.2, -0.15) is 4.98 Å². The Hall–Kier alpha value is -2.70. The predicted molar refractivity (Wildman–Crippen MR) is 150 cm³/mol. The second-order valence-electron chi connectivity index (χ2n) is 9.38. The number of aromatic amines is 1. The highest BCUT2D eigenvalue weighted by atomic mass is 79.9. The fraction of sp³-hybridized carbons (Fsp3) is 0.524. The van der Waals surface area contributed by atoms with Gasteiger partial charge in [0.2, 0.25) is 14.1 Å². The van der Waals surface area contributed by atoms with E-state index in [1.807, 2.05) is 19.6 Å². The van der Waals surface area contributed by atoms with Crippen LogP contribution in [0, 0.1) is 0 Å². The molecule has 1 aromatic heterocycles. The van der Waals surface area contributed by atoms with Crippen molar-refractivity contribution in [3.05, 3.63) is 32.0 Å². The van der Waals surface area contributed by atoms with Gasteiger partial charge in [-0.25, -0.2) is 4.79 Å². The molecule has 18 heteroatoms. The minimum absolute atomic E-state index is 0.0683. The average molecular weight is 664 g/mol. The van der Waals surface area contributed by atoms with Crippen molar-refractivity contribution in [2.45, 2.75) is 42.6 Å². The number of H-pyrrole nitrogens is 1. The van der Waals surface area contributed by atoms with Crippen molar-refractivity contribution in [2.75, 3.05) is 23.9 Å². The molecule has 14 nitrogen and oxygen atoms in total. The van der Waals surface area contributed by atoms with Gasteiger partial charge in [0.05, 0.1) is 12.1 Å². The summed E-state index contributed by atoms with van der Waals surface area (Å²) in [4.78, 5) is 84.2. The SMILES string of the molecule is CO/N=C(/CBr)CC(=O)C(=O)N[C@@H]1C(=O)N2C(C(=O)O[Si](C)(C)C)=C(CSc3nc(=O)c(=O)[nH]n3C)CS[C@H]12. The number of carbonyl (C=O) groups is 4. The standard InChI is InChI=1S/C21H27BrN6O8S2Si/c1-27-21(24-16(31)17(32)25-27)38-9-10-8-37-19-13(23-15(30)12(29)6-11(7-22)26-35-2)18(33)28(19)14(10)20(34)36-39(3,4)5/h13,19H,6-9H2,1-5H3,(H,23,30)(H,25,32)/b26-11+/t13-,19-/m1/s1. The molecule has 2 amide bonds. The Morgan fingerprint density at radius 1 is 1.28 bits per heavy atom. The van der Waals surface area contributed by atoms with Crippen LogP contribution in [0.15, 0.2) is 31.2 Å². The van der Waals surface area contributed by atoms with E-state index in [9.17, 15) is 28.8 Å². The Labute approximate surface area is 240 Å². The summed E-state index contributed by atoms with van der Waals surface area (Å²) in [5, 5.41) is 8.33. The largest absolute Gasteiger partial charge is 0.515 e. The zero-order valence-corrected chi connectivity index (χ0v) is 26.0. The van der Waals surface area contributed by atoms with Crippen LogP contribution in [0.3, 0.4) is 0 Å². The maximum Gasteiger partial charge on any atom is 0.341 e. The molecule has 2 atom stereocenters. The first-order chi connectivity index (χ1) is 18.3. The molecule has 1 fully saturated rings. The summed E-state index contributed by atoms with van der Waals surface area (Å²) in [7, 11) is 0.488. The summed E-state index contributed by atoms with van der Waals surface area (Å²) in [6.45, 7) is 5.49. The first-order valence-electron chi connectivity index (χ1n) is 11.5. The third-order valence-electron chi connectivity index (χ3n) is 5.24. The molecule has 2 aliphatic heterocycles. The van der Waals surface area contributed by atoms with Gasteiger partial charge in [0.1, 0.15) is 24.2 Å².